The average Bonchev–Trinajstić information content (AvgIpc) is 3.34. The molecule has 0 radical (unpaired) electrons. The molecule has 0 bridgehead atoms. The van der Waals surface area contributed by atoms with Crippen LogP contribution in [0.1, 0.15) is 26.7 Å². The summed E-state index contributed by atoms with van der Waals surface area (Å²) in [5.41, 5.74) is 0. The molecule has 1 saturated carbocycles. The molecule has 1 aliphatic heterocycles. The molecular formula is C18H32IN7. The minimum absolute atomic E-state index is 0. The zero-order chi connectivity index (χ0) is 17.5. The SMILES string of the molecule is CCNC(=NCCCN1CCN(c2ncccn2)CC1)NC1CC1C.I. The van der Waals surface area contributed by atoms with Crippen LogP contribution in [-0.4, -0.2) is 72.7 Å². The van der Waals surface area contributed by atoms with E-state index in [0.717, 1.165) is 70.1 Å². The van der Waals surface area contributed by atoms with Gasteiger partial charge in [-0.3, -0.25) is 9.89 Å². The third-order valence-electron chi connectivity index (χ3n) is 4.89. The van der Waals surface area contributed by atoms with Gasteiger partial charge in [0.25, 0.3) is 0 Å². The summed E-state index contributed by atoms with van der Waals surface area (Å²) in [4.78, 5) is 18.2. The highest BCUT2D eigenvalue weighted by atomic mass is 127. The van der Waals surface area contributed by atoms with Gasteiger partial charge in [-0.15, -0.1) is 24.0 Å². The van der Waals surface area contributed by atoms with Crippen LogP contribution < -0.4 is 15.5 Å². The monoisotopic (exact) mass is 473 g/mol. The average molecular weight is 473 g/mol. The van der Waals surface area contributed by atoms with Gasteiger partial charge in [-0.1, -0.05) is 6.92 Å². The lowest BCUT2D eigenvalue weighted by Crippen LogP contribution is -2.47. The molecule has 7 nitrogen and oxygen atoms in total. The summed E-state index contributed by atoms with van der Waals surface area (Å²) in [7, 11) is 0. The summed E-state index contributed by atoms with van der Waals surface area (Å²) in [5, 5.41) is 6.85. The number of piperazine rings is 1. The number of rotatable bonds is 7. The van der Waals surface area contributed by atoms with Crippen molar-refractivity contribution >= 4 is 35.9 Å². The van der Waals surface area contributed by atoms with Gasteiger partial charge in [0.1, 0.15) is 0 Å². The fourth-order valence-electron chi connectivity index (χ4n) is 3.13. The Morgan fingerprint density at radius 1 is 1.23 bits per heavy atom. The van der Waals surface area contributed by atoms with E-state index in [1.807, 2.05) is 18.5 Å². The summed E-state index contributed by atoms with van der Waals surface area (Å²) in [5.74, 6) is 2.61. The molecule has 1 aliphatic carbocycles. The summed E-state index contributed by atoms with van der Waals surface area (Å²) in [6.45, 7) is 11.4. The van der Waals surface area contributed by atoms with Gasteiger partial charge < -0.3 is 15.5 Å². The molecule has 2 heterocycles. The van der Waals surface area contributed by atoms with Gasteiger partial charge in [-0.2, -0.15) is 0 Å². The molecule has 0 spiro atoms. The van der Waals surface area contributed by atoms with E-state index in [9.17, 15) is 0 Å². The summed E-state index contributed by atoms with van der Waals surface area (Å²) in [6, 6.07) is 2.48. The first kappa shape index (κ1) is 21.1. The molecule has 146 valence electrons. The second-order valence-electron chi connectivity index (χ2n) is 6.96. The van der Waals surface area contributed by atoms with E-state index >= 15 is 0 Å². The number of guanidine groups is 1. The zero-order valence-corrected chi connectivity index (χ0v) is 18.2. The first-order chi connectivity index (χ1) is 12.3. The molecular weight excluding hydrogens is 441 g/mol. The van der Waals surface area contributed by atoms with E-state index in [1.165, 1.54) is 6.42 Å². The molecule has 0 aromatic carbocycles. The molecule has 1 aromatic rings. The largest absolute Gasteiger partial charge is 0.357 e. The fraction of sp³-hybridized carbons (Fsp3) is 0.722. The predicted octanol–water partition coefficient (Wildman–Crippen LogP) is 1.57. The molecule has 2 N–H and O–H groups in total. The number of nitrogens with zero attached hydrogens (tertiary/aromatic N) is 5. The van der Waals surface area contributed by atoms with Crippen LogP contribution in [0.5, 0.6) is 0 Å². The van der Waals surface area contributed by atoms with Crippen molar-refractivity contribution < 1.29 is 0 Å². The first-order valence-corrected chi connectivity index (χ1v) is 9.55. The van der Waals surface area contributed by atoms with Crippen LogP contribution in [0.2, 0.25) is 0 Å². The highest BCUT2D eigenvalue weighted by Crippen LogP contribution is 2.28. The molecule has 0 amide bonds. The number of anilines is 1. The van der Waals surface area contributed by atoms with E-state index in [0.29, 0.717) is 6.04 Å². The second kappa shape index (κ2) is 10.9. The van der Waals surface area contributed by atoms with Gasteiger partial charge in [0, 0.05) is 64.2 Å². The van der Waals surface area contributed by atoms with Gasteiger partial charge in [0.05, 0.1) is 0 Å². The number of aliphatic imine (C=N–C) groups is 1. The minimum Gasteiger partial charge on any atom is -0.357 e. The van der Waals surface area contributed by atoms with Crippen molar-refractivity contribution in [2.45, 2.75) is 32.7 Å². The quantitative estimate of drug-likeness (QED) is 0.271. The van der Waals surface area contributed by atoms with Crippen LogP contribution in [0.15, 0.2) is 23.5 Å². The Labute approximate surface area is 174 Å². The van der Waals surface area contributed by atoms with Crippen molar-refractivity contribution in [3.63, 3.8) is 0 Å². The lowest BCUT2D eigenvalue weighted by atomic mass is 10.3. The molecule has 26 heavy (non-hydrogen) atoms. The number of nitrogens with one attached hydrogen (secondary N) is 2. The van der Waals surface area contributed by atoms with Crippen molar-refractivity contribution in [3.05, 3.63) is 18.5 Å². The molecule has 2 atom stereocenters. The molecule has 1 aromatic heterocycles. The van der Waals surface area contributed by atoms with Crippen LogP contribution in [0.3, 0.4) is 0 Å². The molecule has 2 fully saturated rings. The third kappa shape index (κ3) is 6.53. The second-order valence-corrected chi connectivity index (χ2v) is 6.96. The first-order valence-electron chi connectivity index (χ1n) is 9.55. The molecule has 2 unspecified atom stereocenters. The highest BCUT2D eigenvalue weighted by Gasteiger charge is 2.33. The van der Waals surface area contributed by atoms with Crippen molar-refractivity contribution in [2.75, 3.05) is 50.7 Å². The van der Waals surface area contributed by atoms with Crippen LogP contribution in [0.25, 0.3) is 0 Å². The van der Waals surface area contributed by atoms with Gasteiger partial charge in [-0.25, -0.2) is 9.97 Å². The van der Waals surface area contributed by atoms with Crippen molar-refractivity contribution in [3.8, 4) is 0 Å². The Morgan fingerprint density at radius 2 is 1.92 bits per heavy atom. The number of aromatic nitrogens is 2. The van der Waals surface area contributed by atoms with E-state index in [1.54, 1.807) is 0 Å². The van der Waals surface area contributed by atoms with E-state index in [2.05, 4.69) is 44.2 Å². The summed E-state index contributed by atoms with van der Waals surface area (Å²) in [6.07, 6.45) is 5.98. The Bertz CT molecular complexity index is 546. The van der Waals surface area contributed by atoms with Crippen LogP contribution >= 0.6 is 24.0 Å². The molecule has 2 aliphatic rings. The van der Waals surface area contributed by atoms with Crippen molar-refractivity contribution in [2.24, 2.45) is 10.9 Å². The summed E-state index contributed by atoms with van der Waals surface area (Å²) >= 11 is 0. The predicted molar refractivity (Wildman–Crippen MR) is 117 cm³/mol. The zero-order valence-electron chi connectivity index (χ0n) is 15.9. The number of hydrogen-bond acceptors (Lipinski definition) is 5. The maximum atomic E-state index is 4.71. The maximum Gasteiger partial charge on any atom is 0.225 e. The van der Waals surface area contributed by atoms with E-state index in [4.69, 9.17) is 4.99 Å². The Balaban J connectivity index is 0.00000243. The van der Waals surface area contributed by atoms with Gasteiger partial charge in [0.15, 0.2) is 5.96 Å². The van der Waals surface area contributed by atoms with Gasteiger partial charge >= 0.3 is 0 Å². The Hall–Kier alpha value is -1.16. The van der Waals surface area contributed by atoms with Crippen LogP contribution in [0, 0.1) is 5.92 Å². The maximum absolute atomic E-state index is 4.71. The smallest absolute Gasteiger partial charge is 0.225 e. The number of hydrogen-bond donors (Lipinski definition) is 2. The van der Waals surface area contributed by atoms with Crippen LogP contribution in [-0.2, 0) is 0 Å². The standard InChI is InChI=1S/C18H31N7.HI/c1-3-19-17(23-16-14-15(16)2)20-8-5-9-24-10-12-25(13-11-24)18-21-6-4-7-22-18;/h4,6-7,15-16H,3,5,8-14H2,1-2H3,(H2,19,20,23);1H. The van der Waals surface area contributed by atoms with Gasteiger partial charge in [0.2, 0.25) is 5.95 Å². The van der Waals surface area contributed by atoms with Gasteiger partial charge in [-0.05, 0) is 31.7 Å². The summed E-state index contributed by atoms with van der Waals surface area (Å²) < 4.78 is 0. The molecule has 1 saturated heterocycles. The van der Waals surface area contributed by atoms with Crippen molar-refractivity contribution in [1.29, 1.82) is 0 Å². The highest BCUT2D eigenvalue weighted by molar-refractivity contribution is 14.0. The normalized spacial score (nSPS) is 23.3. The van der Waals surface area contributed by atoms with E-state index in [-0.39, 0.29) is 24.0 Å². The fourth-order valence-corrected chi connectivity index (χ4v) is 3.13. The topological polar surface area (TPSA) is 68.7 Å². The number of halogens is 1. The third-order valence-corrected chi connectivity index (χ3v) is 4.89. The Morgan fingerprint density at radius 3 is 2.54 bits per heavy atom. The van der Waals surface area contributed by atoms with Crippen molar-refractivity contribution in [1.82, 2.24) is 25.5 Å². The lowest BCUT2D eigenvalue weighted by Gasteiger charge is -2.34. The minimum atomic E-state index is 0. The lowest BCUT2D eigenvalue weighted by molar-refractivity contribution is 0.255. The molecule has 3 rings (SSSR count). The van der Waals surface area contributed by atoms with E-state index < -0.39 is 0 Å². The molecule has 8 heteroatoms. The Kier molecular flexibility index (Phi) is 8.83. The van der Waals surface area contributed by atoms with Crippen LogP contribution in [0.4, 0.5) is 5.95 Å².